The van der Waals surface area contributed by atoms with Crippen molar-refractivity contribution in [2.75, 3.05) is 19.0 Å². The van der Waals surface area contributed by atoms with Gasteiger partial charge in [0.15, 0.2) is 11.0 Å². The molecule has 0 spiro atoms. The van der Waals surface area contributed by atoms with Crippen molar-refractivity contribution in [1.82, 2.24) is 4.90 Å². The summed E-state index contributed by atoms with van der Waals surface area (Å²) >= 11 is 1.21. The van der Waals surface area contributed by atoms with E-state index < -0.39 is 11.0 Å². The molecule has 0 aliphatic carbocycles. The number of para-hydroxylation sites is 2. The van der Waals surface area contributed by atoms with Gasteiger partial charge in [-0.05, 0) is 48.2 Å². The summed E-state index contributed by atoms with van der Waals surface area (Å²) in [5.74, 6) is 0.458. The second kappa shape index (κ2) is 10.1. The molecular weight excluding hydrogens is 452 g/mol. The van der Waals surface area contributed by atoms with E-state index in [1.807, 2.05) is 60.7 Å². The summed E-state index contributed by atoms with van der Waals surface area (Å²) in [4.78, 5) is 40.0. The number of nitrogens with zero attached hydrogens (tertiary/aromatic N) is 6. The van der Waals surface area contributed by atoms with Crippen LogP contribution in [0.4, 0.5) is 27.5 Å². The van der Waals surface area contributed by atoms with E-state index in [0.717, 1.165) is 5.69 Å². The number of nitro groups is 1. The Bertz CT molecular complexity index is 1290. The van der Waals surface area contributed by atoms with Crippen LogP contribution in [0.3, 0.4) is 0 Å². The second-order valence-corrected chi connectivity index (χ2v) is 8.26. The Balaban J connectivity index is 1.90. The minimum absolute atomic E-state index is 0.0434. The fourth-order valence-electron chi connectivity index (χ4n) is 2.99. The summed E-state index contributed by atoms with van der Waals surface area (Å²) in [6.45, 7) is 0. The van der Waals surface area contributed by atoms with E-state index in [9.17, 15) is 14.9 Å². The smallest absolute Gasteiger partial charge is 0.329 e. The lowest BCUT2D eigenvalue weighted by Gasteiger charge is -2.18. The van der Waals surface area contributed by atoms with E-state index in [-0.39, 0.29) is 5.69 Å². The van der Waals surface area contributed by atoms with Crippen molar-refractivity contribution in [3.63, 3.8) is 0 Å². The molecular formula is C24H20N6O3S. The summed E-state index contributed by atoms with van der Waals surface area (Å²) in [5.41, 5.74) is 1.93. The van der Waals surface area contributed by atoms with Crippen molar-refractivity contribution in [2.45, 2.75) is 0 Å². The molecule has 0 aromatic heterocycles. The van der Waals surface area contributed by atoms with E-state index in [0.29, 0.717) is 27.4 Å². The zero-order valence-corrected chi connectivity index (χ0v) is 19.2. The molecule has 34 heavy (non-hydrogen) atoms. The number of hydrogen-bond acceptors (Lipinski definition) is 6. The summed E-state index contributed by atoms with van der Waals surface area (Å²) in [6.07, 6.45) is 0. The lowest BCUT2D eigenvalue weighted by Crippen LogP contribution is -2.32. The Morgan fingerprint density at radius 1 is 0.882 bits per heavy atom. The van der Waals surface area contributed by atoms with Gasteiger partial charge in [0.2, 0.25) is 0 Å². The van der Waals surface area contributed by atoms with Gasteiger partial charge < -0.3 is 4.90 Å². The molecule has 1 fully saturated rings. The predicted octanol–water partition coefficient (Wildman–Crippen LogP) is 5.65. The number of urea groups is 1. The molecule has 3 aromatic rings. The summed E-state index contributed by atoms with van der Waals surface area (Å²) in [6, 6.07) is 24.3. The van der Waals surface area contributed by atoms with Crippen LogP contribution >= 0.6 is 11.8 Å². The Kier molecular flexibility index (Phi) is 6.79. The quantitative estimate of drug-likeness (QED) is 0.361. The zero-order chi connectivity index (χ0) is 24.1. The van der Waals surface area contributed by atoms with E-state index in [1.54, 1.807) is 31.1 Å². The maximum atomic E-state index is 12.5. The zero-order valence-electron chi connectivity index (χ0n) is 18.4. The number of thioether (sulfide) groups is 1. The predicted molar refractivity (Wildman–Crippen MR) is 137 cm³/mol. The molecule has 0 N–H and O–H groups in total. The maximum Gasteiger partial charge on any atom is 0.345 e. The third-order valence-electron chi connectivity index (χ3n) is 4.65. The van der Waals surface area contributed by atoms with Crippen molar-refractivity contribution < 1.29 is 9.72 Å². The lowest BCUT2D eigenvalue weighted by atomic mass is 10.2. The molecule has 4 rings (SSSR count). The minimum Gasteiger partial charge on any atom is -0.329 e. The van der Waals surface area contributed by atoms with Gasteiger partial charge in [0.05, 0.1) is 22.0 Å². The van der Waals surface area contributed by atoms with Crippen LogP contribution < -0.4 is 4.90 Å². The Hall–Kier alpha value is -4.31. The standard InChI is InChI=1S/C24H20N6O3S/c1-28(2)23(31)27-24-29(19-13-15-20(16-14-19)30(32)33)21(25-17-9-5-3-6-10-17)22(34-24)26-18-11-7-4-8-12-18/h3-16H,1-2H3/b25-21?,26-22?,27-24-. The van der Waals surface area contributed by atoms with Gasteiger partial charge in [0.1, 0.15) is 5.04 Å². The minimum atomic E-state index is -0.464. The van der Waals surface area contributed by atoms with Gasteiger partial charge in [0, 0.05) is 26.2 Å². The van der Waals surface area contributed by atoms with Gasteiger partial charge in [-0.25, -0.2) is 14.8 Å². The summed E-state index contributed by atoms with van der Waals surface area (Å²) < 4.78 is 0. The maximum absolute atomic E-state index is 12.5. The average molecular weight is 473 g/mol. The number of aliphatic imine (C=N–C) groups is 3. The van der Waals surface area contributed by atoms with Crippen molar-refractivity contribution in [3.8, 4) is 0 Å². The van der Waals surface area contributed by atoms with Crippen LogP contribution in [0, 0.1) is 10.1 Å². The Morgan fingerprint density at radius 3 is 1.97 bits per heavy atom. The summed E-state index contributed by atoms with van der Waals surface area (Å²) in [7, 11) is 3.22. The van der Waals surface area contributed by atoms with Crippen LogP contribution in [-0.2, 0) is 0 Å². The Morgan fingerprint density at radius 2 is 1.44 bits per heavy atom. The number of amidine groups is 2. The van der Waals surface area contributed by atoms with Gasteiger partial charge in [-0.3, -0.25) is 15.0 Å². The first-order valence-electron chi connectivity index (χ1n) is 10.2. The first kappa shape index (κ1) is 22.9. The van der Waals surface area contributed by atoms with E-state index in [2.05, 4.69) is 4.99 Å². The number of carbonyl (C=O) groups excluding carboxylic acids is 1. The topological polar surface area (TPSA) is 104 Å². The molecule has 1 heterocycles. The monoisotopic (exact) mass is 472 g/mol. The lowest BCUT2D eigenvalue weighted by molar-refractivity contribution is -0.384. The third kappa shape index (κ3) is 5.18. The number of benzene rings is 3. The first-order valence-corrected chi connectivity index (χ1v) is 11.0. The number of hydrogen-bond donors (Lipinski definition) is 0. The average Bonchev–Trinajstić information content (AvgIpc) is 3.16. The molecule has 0 radical (unpaired) electrons. The van der Waals surface area contributed by atoms with Gasteiger partial charge in [-0.2, -0.15) is 4.99 Å². The number of anilines is 1. The Labute approximate surface area is 200 Å². The van der Waals surface area contributed by atoms with Gasteiger partial charge in [0.25, 0.3) is 5.69 Å². The highest BCUT2D eigenvalue weighted by Crippen LogP contribution is 2.33. The van der Waals surface area contributed by atoms with Crippen molar-refractivity contribution in [2.24, 2.45) is 15.0 Å². The fourth-order valence-corrected chi connectivity index (χ4v) is 3.95. The number of non-ortho nitro benzene ring substituents is 1. The number of amides is 2. The van der Waals surface area contributed by atoms with E-state index in [1.165, 1.54) is 28.8 Å². The van der Waals surface area contributed by atoms with E-state index >= 15 is 0 Å². The van der Waals surface area contributed by atoms with Crippen LogP contribution in [0.1, 0.15) is 0 Å². The number of carbonyl (C=O) groups is 1. The molecule has 170 valence electrons. The molecule has 1 saturated heterocycles. The molecule has 0 bridgehead atoms. The van der Waals surface area contributed by atoms with E-state index in [4.69, 9.17) is 9.98 Å². The van der Waals surface area contributed by atoms with Gasteiger partial charge in [-0.1, -0.05) is 36.4 Å². The largest absolute Gasteiger partial charge is 0.345 e. The molecule has 9 nitrogen and oxygen atoms in total. The highest BCUT2D eigenvalue weighted by molar-refractivity contribution is 8.29. The molecule has 3 aromatic carbocycles. The first-order chi connectivity index (χ1) is 16.4. The molecule has 0 unspecified atom stereocenters. The van der Waals surface area contributed by atoms with Crippen LogP contribution in [-0.4, -0.2) is 46.0 Å². The van der Waals surface area contributed by atoms with Crippen LogP contribution in [0.2, 0.25) is 0 Å². The number of rotatable bonds is 4. The van der Waals surface area contributed by atoms with Gasteiger partial charge >= 0.3 is 6.03 Å². The summed E-state index contributed by atoms with van der Waals surface area (Å²) in [5, 5.41) is 12.0. The third-order valence-corrected chi connectivity index (χ3v) is 5.58. The van der Waals surface area contributed by atoms with Crippen LogP contribution in [0.25, 0.3) is 0 Å². The van der Waals surface area contributed by atoms with Crippen molar-refractivity contribution >= 4 is 56.6 Å². The van der Waals surface area contributed by atoms with Crippen molar-refractivity contribution in [3.05, 3.63) is 95.0 Å². The van der Waals surface area contributed by atoms with Gasteiger partial charge in [-0.15, -0.1) is 0 Å². The highest BCUT2D eigenvalue weighted by Gasteiger charge is 2.35. The van der Waals surface area contributed by atoms with Crippen LogP contribution in [0.15, 0.2) is 99.9 Å². The number of nitro benzene ring substituents is 1. The molecule has 2 amide bonds. The SMILES string of the molecule is CN(C)C(=O)/N=C1\SC(=Nc2ccccc2)C(=Nc2ccccc2)N1c1ccc([N+](=O)[O-])cc1. The highest BCUT2D eigenvalue weighted by atomic mass is 32.2. The molecule has 1 aliphatic rings. The van der Waals surface area contributed by atoms with Crippen molar-refractivity contribution in [1.29, 1.82) is 0 Å². The molecule has 0 atom stereocenters. The normalized spacial score (nSPS) is 16.9. The van der Waals surface area contributed by atoms with Crippen LogP contribution in [0.5, 0.6) is 0 Å². The molecule has 1 aliphatic heterocycles. The fraction of sp³-hybridized carbons (Fsp3) is 0.0833. The second-order valence-electron chi connectivity index (χ2n) is 7.31. The molecule has 0 saturated carbocycles. The molecule has 10 heteroatoms.